The molecule has 106 valence electrons. The normalized spacial score (nSPS) is 12.4. The molecule has 0 spiro atoms. The first-order chi connectivity index (χ1) is 9.63. The number of aromatic nitrogens is 3. The summed E-state index contributed by atoms with van der Waals surface area (Å²) in [6, 6.07) is 5.80. The maximum absolute atomic E-state index is 4.63. The van der Waals surface area contributed by atoms with Gasteiger partial charge in [-0.2, -0.15) is 0 Å². The van der Waals surface area contributed by atoms with E-state index in [1.807, 2.05) is 18.2 Å². The summed E-state index contributed by atoms with van der Waals surface area (Å²) in [5.41, 5.74) is 4.15. The van der Waals surface area contributed by atoms with Crippen LogP contribution in [-0.4, -0.2) is 28.0 Å². The van der Waals surface area contributed by atoms with E-state index in [2.05, 4.69) is 48.0 Å². The molecule has 4 nitrogen and oxygen atoms in total. The lowest BCUT2D eigenvalue weighted by Gasteiger charge is -2.17. The van der Waals surface area contributed by atoms with Gasteiger partial charge in [0.1, 0.15) is 5.69 Å². The topological polar surface area (TPSA) is 50.7 Å². The fourth-order valence-corrected chi connectivity index (χ4v) is 2.51. The minimum atomic E-state index is 0.410. The van der Waals surface area contributed by atoms with Crippen LogP contribution in [0.2, 0.25) is 0 Å². The molecule has 2 aromatic rings. The Kier molecular flexibility index (Phi) is 4.79. The van der Waals surface area contributed by atoms with E-state index in [0.717, 1.165) is 30.2 Å². The van der Waals surface area contributed by atoms with Gasteiger partial charge in [0.15, 0.2) is 5.82 Å². The number of likely N-dealkylation sites (N-methyl/N-ethyl adjacent to an activating group) is 1. The Morgan fingerprint density at radius 2 is 1.85 bits per heavy atom. The highest BCUT2D eigenvalue weighted by atomic mass is 14.9. The lowest BCUT2D eigenvalue weighted by molar-refractivity contribution is 0.624. The van der Waals surface area contributed by atoms with Crippen molar-refractivity contribution in [2.45, 2.75) is 33.6 Å². The summed E-state index contributed by atoms with van der Waals surface area (Å²) in [4.78, 5) is 13.6. The third kappa shape index (κ3) is 3.20. The average Bonchev–Trinajstić information content (AvgIpc) is 2.45. The number of nitrogens with zero attached hydrogens (tertiary/aromatic N) is 3. The zero-order chi connectivity index (χ0) is 14.5. The number of rotatable bonds is 5. The van der Waals surface area contributed by atoms with Crippen LogP contribution in [-0.2, 0) is 0 Å². The summed E-state index contributed by atoms with van der Waals surface area (Å²) >= 11 is 0. The van der Waals surface area contributed by atoms with Crippen molar-refractivity contribution in [3.05, 3.63) is 41.3 Å². The molecule has 0 radical (unpaired) electrons. The van der Waals surface area contributed by atoms with E-state index in [1.54, 1.807) is 6.20 Å². The summed E-state index contributed by atoms with van der Waals surface area (Å²) in [6.45, 7) is 10.4. The monoisotopic (exact) mass is 270 g/mol. The van der Waals surface area contributed by atoms with E-state index >= 15 is 0 Å². The molecule has 0 aliphatic rings. The molecule has 1 unspecified atom stereocenters. The van der Waals surface area contributed by atoms with Gasteiger partial charge in [-0.25, -0.2) is 9.97 Å². The van der Waals surface area contributed by atoms with Crippen LogP contribution in [0.4, 0.5) is 0 Å². The van der Waals surface area contributed by atoms with Crippen molar-refractivity contribution in [3.8, 4) is 11.5 Å². The van der Waals surface area contributed by atoms with E-state index in [1.165, 1.54) is 5.56 Å². The molecule has 1 atom stereocenters. The summed E-state index contributed by atoms with van der Waals surface area (Å²) < 4.78 is 0. The van der Waals surface area contributed by atoms with Gasteiger partial charge in [-0.15, -0.1) is 0 Å². The maximum atomic E-state index is 4.63. The van der Waals surface area contributed by atoms with Gasteiger partial charge in [0.2, 0.25) is 0 Å². The zero-order valence-electron chi connectivity index (χ0n) is 12.6. The van der Waals surface area contributed by atoms with E-state index in [-0.39, 0.29) is 0 Å². The van der Waals surface area contributed by atoms with Crippen molar-refractivity contribution >= 4 is 0 Å². The zero-order valence-corrected chi connectivity index (χ0v) is 12.6. The second kappa shape index (κ2) is 6.57. The van der Waals surface area contributed by atoms with Gasteiger partial charge < -0.3 is 5.32 Å². The van der Waals surface area contributed by atoms with E-state index in [9.17, 15) is 0 Å². The summed E-state index contributed by atoms with van der Waals surface area (Å²) in [6.07, 6.45) is 1.77. The van der Waals surface area contributed by atoms with Gasteiger partial charge in [0.05, 0.1) is 0 Å². The Balaban J connectivity index is 2.34. The Morgan fingerprint density at radius 3 is 2.40 bits per heavy atom. The van der Waals surface area contributed by atoms with Crippen molar-refractivity contribution < 1.29 is 0 Å². The maximum Gasteiger partial charge on any atom is 0.178 e. The smallest absolute Gasteiger partial charge is 0.178 e. The molecule has 0 saturated heterocycles. The third-order valence-corrected chi connectivity index (χ3v) is 3.41. The van der Waals surface area contributed by atoms with Crippen LogP contribution in [0.5, 0.6) is 0 Å². The Labute approximate surface area is 120 Å². The van der Waals surface area contributed by atoms with Crippen LogP contribution in [0.3, 0.4) is 0 Å². The summed E-state index contributed by atoms with van der Waals surface area (Å²) in [5.74, 6) is 1.12. The lowest BCUT2D eigenvalue weighted by atomic mass is 9.98. The predicted molar refractivity (Wildman–Crippen MR) is 81.7 cm³/mol. The van der Waals surface area contributed by atoms with Gasteiger partial charge in [-0.05, 0) is 44.0 Å². The van der Waals surface area contributed by atoms with E-state index < -0.39 is 0 Å². The van der Waals surface area contributed by atoms with E-state index in [4.69, 9.17) is 0 Å². The van der Waals surface area contributed by atoms with Gasteiger partial charge in [0, 0.05) is 24.1 Å². The van der Waals surface area contributed by atoms with Crippen LogP contribution in [0.15, 0.2) is 24.4 Å². The van der Waals surface area contributed by atoms with Crippen LogP contribution in [0, 0.1) is 13.8 Å². The van der Waals surface area contributed by atoms with Gasteiger partial charge >= 0.3 is 0 Å². The number of pyridine rings is 1. The Morgan fingerprint density at radius 1 is 1.15 bits per heavy atom. The second-order valence-electron chi connectivity index (χ2n) is 5.06. The van der Waals surface area contributed by atoms with Gasteiger partial charge in [-0.3, -0.25) is 4.98 Å². The first-order valence-electron chi connectivity index (χ1n) is 7.10. The molecule has 0 fully saturated rings. The van der Waals surface area contributed by atoms with Crippen molar-refractivity contribution in [1.82, 2.24) is 20.3 Å². The minimum absolute atomic E-state index is 0.410. The second-order valence-corrected chi connectivity index (χ2v) is 5.06. The van der Waals surface area contributed by atoms with Crippen LogP contribution < -0.4 is 5.32 Å². The van der Waals surface area contributed by atoms with Crippen molar-refractivity contribution in [1.29, 1.82) is 0 Å². The fourth-order valence-electron chi connectivity index (χ4n) is 2.51. The highest BCUT2D eigenvalue weighted by Gasteiger charge is 2.15. The van der Waals surface area contributed by atoms with Crippen molar-refractivity contribution in [3.63, 3.8) is 0 Å². The summed E-state index contributed by atoms with van der Waals surface area (Å²) in [7, 11) is 0. The molecule has 0 aliphatic carbocycles. The Hall–Kier alpha value is -1.81. The van der Waals surface area contributed by atoms with E-state index in [0.29, 0.717) is 11.7 Å². The number of nitrogens with one attached hydrogen (secondary N) is 1. The molecule has 0 amide bonds. The minimum Gasteiger partial charge on any atom is -0.316 e. The molecule has 0 aromatic carbocycles. The van der Waals surface area contributed by atoms with Crippen LogP contribution in [0.25, 0.3) is 11.5 Å². The largest absolute Gasteiger partial charge is 0.316 e. The molecular weight excluding hydrogens is 248 g/mol. The average molecular weight is 270 g/mol. The molecule has 2 rings (SSSR count). The number of aryl methyl sites for hydroxylation is 2. The molecule has 0 bridgehead atoms. The Bertz CT molecular complexity index is 543. The van der Waals surface area contributed by atoms with Crippen molar-refractivity contribution in [2.24, 2.45) is 0 Å². The first-order valence-corrected chi connectivity index (χ1v) is 7.10. The fraction of sp³-hybridized carbons (Fsp3) is 0.438. The predicted octanol–water partition coefficient (Wildman–Crippen LogP) is 2.87. The summed E-state index contributed by atoms with van der Waals surface area (Å²) in [5, 5.41) is 3.38. The highest BCUT2D eigenvalue weighted by molar-refractivity contribution is 5.50. The highest BCUT2D eigenvalue weighted by Crippen LogP contribution is 2.23. The standard InChI is InChI=1S/C16H22N4/c1-5-17-10-11(2)15-12(3)19-16(20-13(15)4)14-8-6-7-9-18-14/h6-9,11,17H,5,10H2,1-4H3. The van der Waals surface area contributed by atoms with Crippen molar-refractivity contribution in [2.75, 3.05) is 13.1 Å². The molecule has 1 N–H and O–H groups in total. The molecule has 2 heterocycles. The number of hydrogen-bond donors (Lipinski definition) is 1. The van der Waals surface area contributed by atoms with Crippen LogP contribution in [0.1, 0.15) is 36.7 Å². The molecule has 0 aliphatic heterocycles. The molecule has 0 saturated carbocycles. The SMILES string of the molecule is CCNCC(C)c1c(C)nc(-c2ccccn2)nc1C. The quantitative estimate of drug-likeness (QED) is 0.907. The van der Waals surface area contributed by atoms with Crippen LogP contribution >= 0.6 is 0 Å². The van der Waals surface area contributed by atoms with Gasteiger partial charge in [-0.1, -0.05) is 19.9 Å². The molecule has 20 heavy (non-hydrogen) atoms. The molecule has 2 aromatic heterocycles. The van der Waals surface area contributed by atoms with Gasteiger partial charge in [0.25, 0.3) is 0 Å². The first kappa shape index (κ1) is 14.6. The number of hydrogen-bond acceptors (Lipinski definition) is 4. The lowest BCUT2D eigenvalue weighted by Crippen LogP contribution is -2.21. The molecular formula is C16H22N4. The third-order valence-electron chi connectivity index (χ3n) is 3.41. The molecule has 4 heteroatoms.